The molecule has 1 nitrogen and oxygen atoms in total. The standard InChI is InChI=1S/C25H21N/c1-19(26-25-17-23-9-5-6-10-24(23)18-25)22-15-13-21(14-16-22)12-11-20-7-3-2-4-8-20/h2-10,13-16,25-26H,1,17-18H2. The monoisotopic (exact) mass is 335 g/mol. The van der Waals surface area contributed by atoms with Gasteiger partial charge in [-0.1, -0.05) is 73.0 Å². The van der Waals surface area contributed by atoms with Crippen molar-refractivity contribution < 1.29 is 0 Å². The van der Waals surface area contributed by atoms with Gasteiger partial charge in [-0.2, -0.15) is 0 Å². The van der Waals surface area contributed by atoms with E-state index in [4.69, 9.17) is 0 Å². The van der Waals surface area contributed by atoms with E-state index in [0.29, 0.717) is 6.04 Å². The van der Waals surface area contributed by atoms with Crippen LogP contribution < -0.4 is 5.32 Å². The van der Waals surface area contributed by atoms with Crippen LogP contribution in [0.15, 0.2) is 85.4 Å². The van der Waals surface area contributed by atoms with Crippen LogP contribution in [0, 0.1) is 11.8 Å². The first-order valence-electron chi connectivity index (χ1n) is 8.98. The molecular weight excluding hydrogens is 314 g/mol. The highest BCUT2D eigenvalue weighted by molar-refractivity contribution is 5.63. The Labute approximate surface area is 155 Å². The lowest BCUT2D eigenvalue weighted by molar-refractivity contribution is 0.632. The van der Waals surface area contributed by atoms with Crippen LogP contribution in [-0.4, -0.2) is 6.04 Å². The molecule has 1 aliphatic carbocycles. The Kier molecular flexibility index (Phi) is 4.58. The fraction of sp³-hybridized carbons (Fsp3) is 0.120. The summed E-state index contributed by atoms with van der Waals surface area (Å²) in [5, 5.41) is 3.59. The van der Waals surface area contributed by atoms with Gasteiger partial charge >= 0.3 is 0 Å². The molecule has 3 aromatic carbocycles. The van der Waals surface area contributed by atoms with Crippen molar-refractivity contribution >= 4 is 5.70 Å². The fourth-order valence-electron chi connectivity index (χ4n) is 3.41. The zero-order chi connectivity index (χ0) is 17.8. The van der Waals surface area contributed by atoms with E-state index in [1.165, 1.54) is 11.1 Å². The lowest BCUT2D eigenvalue weighted by Gasteiger charge is -2.16. The molecule has 1 N–H and O–H groups in total. The summed E-state index contributed by atoms with van der Waals surface area (Å²) in [4.78, 5) is 0. The highest BCUT2D eigenvalue weighted by atomic mass is 14.9. The predicted molar refractivity (Wildman–Crippen MR) is 109 cm³/mol. The average molecular weight is 335 g/mol. The van der Waals surface area contributed by atoms with Gasteiger partial charge in [0.25, 0.3) is 0 Å². The van der Waals surface area contributed by atoms with E-state index in [0.717, 1.165) is 35.2 Å². The molecule has 26 heavy (non-hydrogen) atoms. The number of fused-ring (bicyclic) bond motifs is 1. The first-order chi connectivity index (χ1) is 12.8. The number of hydrogen-bond donors (Lipinski definition) is 1. The number of nitrogens with one attached hydrogen (secondary N) is 1. The minimum absolute atomic E-state index is 0.428. The molecule has 0 aromatic heterocycles. The van der Waals surface area contributed by atoms with Crippen molar-refractivity contribution in [3.05, 3.63) is 113 Å². The highest BCUT2D eigenvalue weighted by Gasteiger charge is 2.20. The van der Waals surface area contributed by atoms with Gasteiger partial charge in [-0.05, 0) is 53.8 Å². The van der Waals surface area contributed by atoms with Crippen LogP contribution in [0.25, 0.3) is 5.70 Å². The summed E-state index contributed by atoms with van der Waals surface area (Å²) in [5.41, 5.74) is 7.03. The van der Waals surface area contributed by atoms with Crippen LogP contribution in [-0.2, 0) is 12.8 Å². The van der Waals surface area contributed by atoms with Gasteiger partial charge in [0.15, 0.2) is 0 Å². The van der Waals surface area contributed by atoms with Crippen LogP contribution in [0.3, 0.4) is 0 Å². The normalized spacial score (nSPS) is 12.8. The van der Waals surface area contributed by atoms with Gasteiger partial charge in [0, 0.05) is 22.9 Å². The maximum absolute atomic E-state index is 4.23. The van der Waals surface area contributed by atoms with Crippen molar-refractivity contribution in [1.29, 1.82) is 0 Å². The van der Waals surface area contributed by atoms with E-state index >= 15 is 0 Å². The van der Waals surface area contributed by atoms with Gasteiger partial charge in [0.2, 0.25) is 0 Å². The van der Waals surface area contributed by atoms with Crippen molar-refractivity contribution in [3.8, 4) is 11.8 Å². The minimum Gasteiger partial charge on any atom is -0.382 e. The lowest BCUT2D eigenvalue weighted by Crippen LogP contribution is -2.27. The van der Waals surface area contributed by atoms with E-state index in [1.54, 1.807) is 0 Å². The Morgan fingerprint density at radius 1 is 0.731 bits per heavy atom. The van der Waals surface area contributed by atoms with Crippen LogP contribution in [0.5, 0.6) is 0 Å². The molecule has 0 radical (unpaired) electrons. The second-order valence-electron chi connectivity index (χ2n) is 6.69. The van der Waals surface area contributed by atoms with Crippen LogP contribution in [0.4, 0.5) is 0 Å². The van der Waals surface area contributed by atoms with Crippen molar-refractivity contribution in [2.75, 3.05) is 0 Å². The second kappa shape index (κ2) is 7.33. The minimum atomic E-state index is 0.428. The summed E-state index contributed by atoms with van der Waals surface area (Å²) in [7, 11) is 0. The Bertz CT molecular complexity index is 947. The quantitative estimate of drug-likeness (QED) is 0.677. The Morgan fingerprint density at radius 3 is 1.88 bits per heavy atom. The van der Waals surface area contributed by atoms with Gasteiger partial charge in [-0.3, -0.25) is 0 Å². The first-order valence-corrected chi connectivity index (χ1v) is 8.98. The number of benzene rings is 3. The smallest absolute Gasteiger partial charge is 0.0343 e. The molecule has 0 amide bonds. The SMILES string of the molecule is C=C(NC1Cc2ccccc2C1)c1ccc(C#Cc2ccccc2)cc1. The van der Waals surface area contributed by atoms with Gasteiger partial charge in [-0.25, -0.2) is 0 Å². The lowest BCUT2D eigenvalue weighted by atomic mass is 10.1. The number of hydrogen-bond acceptors (Lipinski definition) is 1. The third-order valence-electron chi connectivity index (χ3n) is 4.79. The summed E-state index contributed by atoms with van der Waals surface area (Å²) in [6, 6.07) is 27.4. The Morgan fingerprint density at radius 2 is 1.27 bits per heavy atom. The molecule has 0 heterocycles. The molecule has 4 rings (SSSR count). The Balaban J connectivity index is 1.40. The average Bonchev–Trinajstić information content (AvgIpc) is 3.10. The van der Waals surface area contributed by atoms with Gasteiger partial charge in [-0.15, -0.1) is 0 Å². The molecule has 0 saturated carbocycles. The van der Waals surface area contributed by atoms with Crippen molar-refractivity contribution in [2.45, 2.75) is 18.9 Å². The summed E-state index contributed by atoms with van der Waals surface area (Å²) in [6.07, 6.45) is 2.13. The largest absolute Gasteiger partial charge is 0.382 e. The maximum Gasteiger partial charge on any atom is 0.0343 e. The highest BCUT2D eigenvalue weighted by Crippen LogP contribution is 2.23. The summed E-state index contributed by atoms with van der Waals surface area (Å²) >= 11 is 0. The molecular formula is C25H21N. The molecule has 0 aliphatic heterocycles. The topological polar surface area (TPSA) is 12.0 Å². The molecule has 0 atom stereocenters. The molecule has 0 bridgehead atoms. The zero-order valence-electron chi connectivity index (χ0n) is 14.7. The predicted octanol–water partition coefficient (Wildman–Crippen LogP) is 4.81. The summed E-state index contributed by atoms with van der Waals surface area (Å²) < 4.78 is 0. The van der Waals surface area contributed by atoms with Crippen LogP contribution in [0.2, 0.25) is 0 Å². The third kappa shape index (κ3) is 3.71. The summed E-state index contributed by atoms with van der Waals surface area (Å²) in [6.45, 7) is 4.23. The fourth-order valence-corrected chi connectivity index (χ4v) is 3.41. The van der Waals surface area contributed by atoms with Gasteiger partial charge in [0.1, 0.15) is 0 Å². The molecule has 1 heteroatoms. The molecule has 0 saturated heterocycles. The van der Waals surface area contributed by atoms with E-state index in [2.05, 4.69) is 72.3 Å². The van der Waals surface area contributed by atoms with E-state index in [1.807, 2.05) is 30.3 Å². The molecule has 0 spiro atoms. The van der Waals surface area contributed by atoms with Gasteiger partial charge < -0.3 is 5.32 Å². The molecule has 3 aromatic rings. The molecule has 0 fully saturated rings. The molecule has 0 unspecified atom stereocenters. The Hall–Kier alpha value is -3.24. The maximum atomic E-state index is 4.23. The molecule has 126 valence electrons. The first kappa shape index (κ1) is 16.2. The van der Waals surface area contributed by atoms with Crippen molar-refractivity contribution in [2.24, 2.45) is 0 Å². The van der Waals surface area contributed by atoms with Crippen molar-refractivity contribution in [1.82, 2.24) is 5.32 Å². The number of rotatable bonds is 3. The van der Waals surface area contributed by atoms with Gasteiger partial charge in [0.05, 0.1) is 0 Å². The van der Waals surface area contributed by atoms with Crippen LogP contribution in [0.1, 0.15) is 27.8 Å². The van der Waals surface area contributed by atoms with E-state index in [9.17, 15) is 0 Å². The summed E-state index contributed by atoms with van der Waals surface area (Å²) in [5.74, 6) is 6.40. The zero-order valence-corrected chi connectivity index (χ0v) is 14.7. The van der Waals surface area contributed by atoms with Crippen molar-refractivity contribution in [3.63, 3.8) is 0 Å². The molecule has 1 aliphatic rings. The third-order valence-corrected chi connectivity index (χ3v) is 4.79. The van der Waals surface area contributed by atoms with Crippen LogP contribution >= 0.6 is 0 Å². The van der Waals surface area contributed by atoms with E-state index in [-0.39, 0.29) is 0 Å². The second-order valence-corrected chi connectivity index (χ2v) is 6.69. The van der Waals surface area contributed by atoms with E-state index < -0.39 is 0 Å².